The minimum absolute atomic E-state index is 0.367. The molecule has 0 amide bonds. The van der Waals surface area contributed by atoms with Crippen LogP contribution in [0, 0.1) is 5.41 Å². The number of aromatic nitrogens is 1. The zero-order valence-corrected chi connectivity index (χ0v) is 13.0. The maximum Gasteiger partial charge on any atom is 0.496 e. The molecular weight excluding hydrogens is 253 g/mol. The van der Waals surface area contributed by atoms with Gasteiger partial charge in [-0.2, -0.15) is 0 Å². The lowest BCUT2D eigenvalue weighted by atomic mass is 9.80. The Morgan fingerprint density at radius 3 is 2.25 bits per heavy atom. The maximum atomic E-state index is 7.72. The van der Waals surface area contributed by atoms with E-state index in [1.165, 1.54) is 0 Å². The Labute approximate surface area is 120 Å². The van der Waals surface area contributed by atoms with Crippen molar-refractivity contribution in [3.8, 4) is 0 Å². The number of hydrogen-bond acceptors (Lipinski definition) is 5. The van der Waals surface area contributed by atoms with Crippen molar-refractivity contribution in [2.24, 2.45) is 0 Å². The molecule has 5 nitrogen and oxygen atoms in total. The zero-order chi connectivity index (χ0) is 15.1. The average molecular weight is 275 g/mol. The van der Waals surface area contributed by atoms with Gasteiger partial charge in [0.25, 0.3) is 0 Å². The van der Waals surface area contributed by atoms with Crippen LogP contribution in [-0.4, -0.2) is 36.1 Å². The monoisotopic (exact) mass is 275 g/mol. The molecule has 0 aromatic carbocycles. The average Bonchev–Trinajstić information content (AvgIpc) is 2.57. The number of nitrogens with one attached hydrogen (secondary N) is 2. The fourth-order valence-corrected chi connectivity index (χ4v) is 2.08. The van der Waals surface area contributed by atoms with Crippen LogP contribution in [0.25, 0.3) is 0 Å². The van der Waals surface area contributed by atoms with Crippen molar-refractivity contribution in [1.82, 2.24) is 4.98 Å². The van der Waals surface area contributed by atoms with Gasteiger partial charge in [-0.15, -0.1) is 0 Å². The molecule has 0 unspecified atom stereocenters. The molecule has 108 valence electrons. The summed E-state index contributed by atoms with van der Waals surface area (Å²) in [5, 5.41) is 10.8. The lowest BCUT2D eigenvalue weighted by Gasteiger charge is -2.32. The first-order valence-electron chi connectivity index (χ1n) is 6.77. The normalized spacial score (nSPS) is 20.0. The van der Waals surface area contributed by atoms with E-state index in [9.17, 15) is 0 Å². The van der Waals surface area contributed by atoms with Gasteiger partial charge in [0.1, 0.15) is 5.69 Å². The summed E-state index contributed by atoms with van der Waals surface area (Å²) < 4.78 is 12.0. The second kappa shape index (κ2) is 4.86. The molecule has 1 saturated heterocycles. The van der Waals surface area contributed by atoms with E-state index in [1.807, 2.05) is 40.8 Å². The topological polar surface area (TPSA) is 67.2 Å². The highest BCUT2D eigenvalue weighted by atomic mass is 16.7. The first-order valence-corrected chi connectivity index (χ1v) is 6.77. The van der Waals surface area contributed by atoms with E-state index in [-0.39, 0.29) is 11.2 Å². The van der Waals surface area contributed by atoms with E-state index in [1.54, 1.807) is 13.1 Å². The molecule has 1 aliphatic rings. The van der Waals surface area contributed by atoms with Crippen LogP contribution in [0.4, 0.5) is 5.69 Å². The molecule has 1 fully saturated rings. The highest BCUT2D eigenvalue weighted by Gasteiger charge is 2.51. The molecule has 0 bridgehead atoms. The summed E-state index contributed by atoms with van der Waals surface area (Å²) >= 11 is 0. The summed E-state index contributed by atoms with van der Waals surface area (Å²) in [6.45, 7) is 9.81. The highest BCUT2D eigenvalue weighted by molar-refractivity contribution is 6.62. The van der Waals surface area contributed by atoms with Gasteiger partial charge in [0.15, 0.2) is 0 Å². The van der Waals surface area contributed by atoms with Crippen LogP contribution >= 0.6 is 0 Å². The molecule has 2 rings (SSSR count). The van der Waals surface area contributed by atoms with Crippen molar-refractivity contribution in [1.29, 1.82) is 5.41 Å². The van der Waals surface area contributed by atoms with E-state index in [0.29, 0.717) is 11.4 Å². The van der Waals surface area contributed by atoms with Crippen molar-refractivity contribution in [3.63, 3.8) is 0 Å². The standard InChI is InChI=1S/C14H22BN3O2/c1-9(16)12-11(17-6)7-10(8-18-12)15-19-13(2,3)14(4,5)20-15/h7-8,16-17H,1-6H3. The maximum absolute atomic E-state index is 7.72. The van der Waals surface area contributed by atoms with Crippen LogP contribution in [0.15, 0.2) is 12.3 Å². The Morgan fingerprint density at radius 1 is 1.25 bits per heavy atom. The molecule has 0 radical (unpaired) electrons. The molecule has 1 aromatic heterocycles. The molecule has 6 heteroatoms. The number of nitrogens with zero attached hydrogens (tertiary/aromatic N) is 1. The Bertz CT molecular complexity index is 527. The van der Waals surface area contributed by atoms with Crippen LogP contribution in [0.1, 0.15) is 40.3 Å². The second-order valence-corrected chi connectivity index (χ2v) is 6.13. The summed E-state index contributed by atoms with van der Waals surface area (Å²) in [6, 6.07) is 1.93. The minimum atomic E-state index is -0.431. The van der Waals surface area contributed by atoms with Crippen LogP contribution < -0.4 is 10.8 Å². The molecule has 0 aliphatic carbocycles. The SMILES string of the molecule is CNc1cc(B2OC(C)(C)C(C)(C)O2)cnc1C(C)=N. The summed E-state index contributed by atoms with van der Waals surface area (Å²) in [4.78, 5) is 4.34. The van der Waals surface area contributed by atoms with Crippen molar-refractivity contribution in [3.05, 3.63) is 18.0 Å². The van der Waals surface area contributed by atoms with Crippen LogP contribution in [0.2, 0.25) is 0 Å². The van der Waals surface area contributed by atoms with Crippen molar-refractivity contribution >= 4 is 24.0 Å². The lowest BCUT2D eigenvalue weighted by molar-refractivity contribution is 0.00578. The predicted octanol–water partition coefficient (Wildman–Crippen LogP) is 1.81. The van der Waals surface area contributed by atoms with E-state index < -0.39 is 7.12 Å². The third kappa shape index (κ3) is 2.45. The zero-order valence-electron chi connectivity index (χ0n) is 13.0. The first kappa shape index (κ1) is 15.0. The number of hydrogen-bond donors (Lipinski definition) is 2. The van der Waals surface area contributed by atoms with Crippen molar-refractivity contribution in [2.75, 3.05) is 12.4 Å². The van der Waals surface area contributed by atoms with E-state index >= 15 is 0 Å². The molecule has 2 heterocycles. The molecule has 1 aromatic rings. The molecule has 1 aliphatic heterocycles. The minimum Gasteiger partial charge on any atom is -0.399 e. The van der Waals surface area contributed by atoms with Crippen LogP contribution in [-0.2, 0) is 9.31 Å². The highest BCUT2D eigenvalue weighted by Crippen LogP contribution is 2.36. The van der Waals surface area contributed by atoms with E-state index in [0.717, 1.165) is 11.2 Å². The Kier molecular flexibility index (Phi) is 3.65. The second-order valence-electron chi connectivity index (χ2n) is 6.13. The van der Waals surface area contributed by atoms with Gasteiger partial charge in [-0.05, 0) is 40.7 Å². The predicted molar refractivity (Wildman–Crippen MR) is 82.0 cm³/mol. The third-order valence-electron chi connectivity index (χ3n) is 4.06. The first-order chi connectivity index (χ1) is 9.18. The molecule has 20 heavy (non-hydrogen) atoms. The Hall–Kier alpha value is -1.40. The Balaban J connectivity index is 2.34. The van der Waals surface area contributed by atoms with Gasteiger partial charge in [-0.25, -0.2) is 0 Å². The van der Waals surface area contributed by atoms with Gasteiger partial charge in [-0.3, -0.25) is 4.98 Å². The number of pyridine rings is 1. The summed E-state index contributed by atoms with van der Waals surface area (Å²) in [5.74, 6) is 0. The molecule has 0 spiro atoms. The molecule has 2 N–H and O–H groups in total. The molecular formula is C14H22BN3O2. The lowest BCUT2D eigenvalue weighted by Crippen LogP contribution is -2.41. The quantitative estimate of drug-likeness (QED) is 0.652. The van der Waals surface area contributed by atoms with Gasteiger partial charge in [0, 0.05) is 18.7 Å². The van der Waals surface area contributed by atoms with Gasteiger partial charge in [0.05, 0.1) is 22.6 Å². The van der Waals surface area contributed by atoms with E-state index in [2.05, 4.69) is 10.3 Å². The molecule has 0 atom stereocenters. The van der Waals surface area contributed by atoms with E-state index in [4.69, 9.17) is 14.7 Å². The summed E-state index contributed by atoms with van der Waals surface area (Å²) in [7, 11) is 1.39. The third-order valence-corrected chi connectivity index (χ3v) is 4.06. The van der Waals surface area contributed by atoms with Crippen molar-refractivity contribution < 1.29 is 9.31 Å². The van der Waals surface area contributed by atoms with Crippen LogP contribution in [0.3, 0.4) is 0 Å². The fourth-order valence-electron chi connectivity index (χ4n) is 2.08. The smallest absolute Gasteiger partial charge is 0.399 e. The number of rotatable bonds is 3. The summed E-state index contributed by atoms with van der Waals surface area (Å²) in [6.07, 6.45) is 1.72. The fraction of sp³-hybridized carbons (Fsp3) is 0.571. The Morgan fingerprint density at radius 2 is 1.80 bits per heavy atom. The van der Waals surface area contributed by atoms with Gasteiger partial charge < -0.3 is 20.0 Å². The van der Waals surface area contributed by atoms with Gasteiger partial charge in [-0.1, -0.05) is 0 Å². The largest absolute Gasteiger partial charge is 0.496 e. The summed E-state index contributed by atoms with van der Waals surface area (Å²) in [5.41, 5.74) is 2.01. The van der Waals surface area contributed by atoms with Crippen LogP contribution in [0.5, 0.6) is 0 Å². The number of anilines is 1. The molecule has 0 saturated carbocycles. The van der Waals surface area contributed by atoms with Gasteiger partial charge in [0.2, 0.25) is 0 Å². The van der Waals surface area contributed by atoms with Gasteiger partial charge >= 0.3 is 7.12 Å². The van der Waals surface area contributed by atoms with Crippen molar-refractivity contribution in [2.45, 2.75) is 45.8 Å².